The Kier molecular flexibility index (Phi) is 3.98. The molecule has 50 valence electrons. The molecular formula is C3H8NO3S-. The van der Waals surface area contributed by atoms with E-state index in [1.807, 2.05) is 0 Å². The molecule has 4 nitrogen and oxygen atoms in total. The smallest absolute Gasteiger partial charge is 0.115 e. The molecule has 0 saturated heterocycles. The zero-order valence-electron chi connectivity index (χ0n) is 4.79. The van der Waals surface area contributed by atoms with Crippen LogP contribution >= 0.6 is 0 Å². The minimum Gasteiger partial charge on any atom is -0.750 e. The van der Waals surface area contributed by atoms with Crippen LogP contribution in [-0.4, -0.2) is 34.5 Å². The lowest BCUT2D eigenvalue weighted by Gasteiger charge is -2.10. The Morgan fingerprint density at radius 2 is 2.25 bits per heavy atom. The van der Waals surface area contributed by atoms with Gasteiger partial charge in [-0.15, -0.1) is 0 Å². The molecule has 0 radical (unpaired) electrons. The number of hydrogen-bond donors (Lipinski definition) is 0. The van der Waals surface area contributed by atoms with E-state index < -0.39 is 11.4 Å². The first-order valence-electron chi connectivity index (χ1n) is 2.00. The SMILES string of the molecule is CN(C)COS(=O)[O-]. The Morgan fingerprint density at radius 3 is 2.38 bits per heavy atom. The largest absolute Gasteiger partial charge is 0.750 e. The molecule has 0 aromatic rings. The van der Waals surface area contributed by atoms with Crippen molar-refractivity contribution in [1.82, 2.24) is 4.90 Å². The molecular weight excluding hydrogens is 130 g/mol. The lowest BCUT2D eigenvalue weighted by Crippen LogP contribution is -2.16. The van der Waals surface area contributed by atoms with Gasteiger partial charge in [-0.2, -0.15) is 0 Å². The van der Waals surface area contributed by atoms with E-state index in [9.17, 15) is 8.76 Å². The maximum Gasteiger partial charge on any atom is 0.115 e. The Balaban J connectivity index is 3.05. The van der Waals surface area contributed by atoms with Crippen molar-refractivity contribution in [3.05, 3.63) is 0 Å². The molecule has 5 heteroatoms. The lowest BCUT2D eigenvalue weighted by atomic mass is 11.0. The van der Waals surface area contributed by atoms with Crippen LogP contribution in [0, 0.1) is 0 Å². The van der Waals surface area contributed by atoms with Crippen molar-refractivity contribution >= 4 is 11.4 Å². The van der Waals surface area contributed by atoms with E-state index in [0.29, 0.717) is 0 Å². The molecule has 8 heavy (non-hydrogen) atoms. The van der Waals surface area contributed by atoms with Crippen LogP contribution in [0.4, 0.5) is 0 Å². The van der Waals surface area contributed by atoms with E-state index in [2.05, 4.69) is 4.18 Å². The van der Waals surface area contributed by atoms with Gasteiger partial charge in [-0.05, 0) is 14.1 Å². The summed E-state index contributed by atoms with van der Waals surface area (Å²) in [5.74, 6) is 0. The van der Waals surface area contributed by atoms with E-state index in [4.69, 9.17) is 0 Å². The zero-order valence-corrected chi connectivity index (χ0v) is 5.60. The standard InChI is InChI=1S/C3H9NO3S/c1-4(2)3-7-8(5)6/h3H2,1-2H3,(H,5,6)/p-1. The van der Waals surface area contributed by atoms with Gasteiger partial charge in [-0.1, -0.05) is 0 Å². The second-order valence-electron chi connectivity index (χ2n) is 1.53. The molecule has 1 unspecified atom stereocenters. The van der Waals surface area contributed by atoms with Crippen LogP contribution in [0.25, 0.3) is 0 Å². The van der Waals surface area contributed by atoms with Gasteiger partial charge in [-0.3, -0.25) is 9.08 Å². The maximum absolute atomic E-state index is 9.65. The molecule has 0 aromatic carbocycles. The highest BCUT2D eigenvalue weighted by molar-refractivity contribution is 7.74. The number of rotatable bonds is 3. The fourth-order valence-corrected chi connectivity index (χ4v) is 0.445. The van der Waals surface area contributed by atoms with Gasteiger partial charge in [0.2, 0.25) is 0 Å². The minimum absolute atomic E-state index is 0.107. The fourth-order valence-electron chi connectivity index (χ4n) is 0.148. The molecule has 0 aliphatic rings. The van der Waals surface area contributed by atoms with Crippen LogP contribution < -0.4 is 0 Å². The first-order valence-corrected chi connectivity index (χ1v) is 3.00. The quantitative estimate of drug-likeness (QED) is 0.383. The van der Waals surface area contributed by atoms with Crippen LogP contribution in [0.15, 0.2) is 0 Å². The third kappa shape index (κ3) is 6.03. The van der Waals surface area contributed by atoms with E-state index in [1.165, 1.54) is 0 Å². The van der Waals surface area contributed by atoms with Crippen molar-refractivity contribution in [3.8, 4) is 0 Å². The van der Waals surface area contributed by atoms with Crippen molar-refractivity contribution in [2.45, 2.75) is 0 Å². The molecule has 0 bridgehead atoms. The number of nitrogens with zero attached hydrogens (tertiary/aromatic N) is 1. The van der Waals surface area contributed by atoms with Crippen LogP contribution in [0.3, 0.4) is 0 Å². The fraction of sp³-hybridized carbons (Fsp3) is 1.00. The van der Waals surface area contributed by atoms with E-state index in [-0.39, 0.29) is 6.73 Å². The molecule has 0 heterocycles. The Labute approximate surface area is 50.9 Å². The molecule has 0 aliphatic carbocycles. The van der Waals surface area contributed by atoms with Crippen molar-refractivity contribution in [2.24, 2.45) is 0 Å². The maximum atomic E-state index is 9.65. The zero-order chi connectivity index (χ0) is 6.57. The molecule has 0 fully saturated rings. The van der Waals surface area contributed by atoms with Gasteiger partial charge in [0.1, 0.15) is 6.73 Å². The van der Waals surface area contributed by atoms with Crippen LogP contribution in [0.1, 0.15) is 0 Å². The molecule has 0 saturated carbocycles. The average molecular weight is 138 g/mol. The predicted octanol–water partition coefficient (Wildman–Crippen LogP) is -0.684. The number of hydrogen-bond acceptors (Lipinski definition) is 4. The Bertz CT molecular complexity index is 84.6. The van der Waals surface area contributed by atoms with E-state index in [0.717, 1.165) is 0 Å². The van der Waals surface area contributed by atoms with Crippen molar-refractivity contribution in [2.75, 3.05) is 20.8 Å². The first-order chi connectivity index (χ1) is 3.63. The molecule has 0 amide bonds. The summed E-state index contributed by atoms with van der Waals surface area (Å²) in [6.07, 6.45) is 0. The topological polar surface area (TPSA) is 52.6 Å². The lowest BCUT2D eigenvalue weighted by molar-refractivity contribution is 0.179. The van der Waals surface area contributed by atoms with Crippen LogP contribution in [-0.2, 0) is 15.5 Å². The van der Waals surface area contributed by atoms with Crippen molar-refractivity contribution in [3.63, 3.8) is 0 Å². The highest BCUT2D eigenvalue weighted by atomic mass is 32.2. The second kappa shape index (κ2) is 3.96. The van der Waals surface area contributed by atoms with Crippen LogP contribution in [0.2, 0.25) is 0 Å². The molecule has 0 aliphatic heterocycles. The minimum atomic E-state index is -2.38. The Morgan fingerprint density at radius 1 is 1.75 bits per heavy atom. The second-order valence-corrected chi connectivity index (χ2v) is 2.17. The molecule has 1 atom stereocenters. The van der Waals surface area contributed by atoms with Crippen molar-refractivity contribution in [1.29, 1.82) is 0 Å². The molecule has 0 aromatic heterocycles. The summed E-state index contributed by atoms with van der Waals surface area (Å²) in [6.45, 7) is 0.107. The van der Waals surface area contributed by atoms with Gasteiger partial charge in [0.25, 0.3) is 0 Å². The van der Waals surface area contributed by atoms with Gasteiger partial charge in [-0.25, -0.2) is 4.21 Å². The van der Waals surface area contributed by atoms with Crippen molar-refractivity contribution < 1.29 is 12.9 Å². The third-order valence-corrected chi connectivity index (χ3v) is 0.705. The summed E-state index contributed by atoms with van der Waals surface area (Å²) < 4.78 is 23.5. The van der Waals surface area contributed by atoms with Gasteiger partial charge in [0.15, 0.2) is 0 Å². The Hall–Kier alpha value is 0.0300. The highest BCUT2D eigenvalue weighted by Gasteiger charge is 1.85. The van der Waals surface area contributed by atoms with Gasteiger partial charge in [0, 0.05) is 0 Å². The molecule has 0 spiro atoms. The predicted molar refractivity (Wildman–Crippen MR) is 28.6 cm³/mol. The van der Waals surface area contributed by atoms with Crippen LogP contribution in [0.5, 0.6) is 0 Å². The van der Waals surface area contributed by atoms with E-state index >= 15 is 0 Å². The summed E-state index contributed by atoms with van der Waals surface area (Å²) >= 11 is -2.38. The normalized spacial score (nSPS) is 14.5. The summed E-state index contributed by atoms with van der Waals surface area (Å²) in [5, 5.41) is 0. The molecule has 0 N–H and O–H groups in total. The summed E-state index contributed by atoms with van der Waals surface area (Å²) in [4.78, 5) is 1.61. The van der Waals surface area contributed by atoms with Gasteiger partial charge >= 0.3 is 0 Å². The first kappa shape index (κ1) is 8.03. The average Bonchev–Trinajstić information content (AvgIpc) is 1.61. The van der Waals surface area contributed by atoms with Gasteiger partial charge < -0.3 is 4.55 Å². The van der Waals surface area contributed by atoms with Gasteiger partial charge in [0.05, 0.1) is 11.4 Å². The summed E-state index contributed by atoms with van der Waals surface area (Å²) in [7, 11) is 3.43. The monoisotopic (exact) mass is 138 g/mol. The third-order valence-electron chi connectivity index (χ3n) is 0.407. The summed E-state index contributed by atoms with van der Waals surface area (Å²) in [5.41, 5.74) is 0. The summed E-state index contributed by atoms with van der Waals surface area (Å²) in [6, 6.07) is 0. The molecule has 0 rings (SSSR count). The van der Waals surface area contributed by atoms with E-state index in [1.54, 1.807) is 19.0 Å². The highest BCUT2D eigenvalue weighted by Crippen LogP contribution is 1.79.